The van der Waals surface area contributed by atoms with Crippen molar-refractivity contribution >= 4 is 10.9 Å². The molecule has 0 spiro atoms. The second-order valence-corrected chi connectivity index (χ2v) is 5.87. The molecule has 1 aromatic carbocycles. The third-order valence-electron chi connectivity index (χ3n) is 4.18. The molecule has 1 N–H and O–H groups in total. The molecule has 0 saturated carbocycles. The highest BCUT2D eigenvalue weighted by Crippen LogP contribution is 2.22. The first-order valence-corrected chi connectivity index (χ1v) is 7.66. The summed E-state index contributed by atoms with van der Waals surface area (Å²) in [5.41, 5.74) is 3.91. The molecule has 1 fully saturated rings. The van der Waals surface area contributed by atoms with Crippen LogP contribution < -0.4 is 0 Å². The predicted octanol–water partition coefficient (Wildman–Crippen LogP) is 2.71. The van der Waals surface area contributed by atoms with Crippen LogP contribution in [0.4, 0.5) is 0 Å². The number of hydrogen-bond acceptors (Lipinski definition) is 3. The fourth-order valence-corrected chi connectivity index (χ4v) is 3.01. The van der Waals surface area contributed by atoms with Gasteiger partial charge in [0.05, 0.1) is 12.7 Å². The van der Waals surface area contributed by atoms with Gasteiger partial charge in [-0.2, -0.15) is 0 Å². The Labute approximate surface area is 126 Å². The highest BCUT2D eigenvalue weighted by molar-refractivity contribution is 5.83. The third kappa shape index (κ3) is 3.46. The van der Waals surface area contributed by atoms with Gasteiger partial charge in [0.15, 0.2) is 0 Å². The Morgan fingerprint density at radius 1 is 1.43 bits per heavy atom. The van der Waals surface area contributed by atoms with Gasteiger partial charge in [-0.25, -0.2) is 0 Å². The summed E-state index contributed by atoms with van der Waals surface area (Å²) < 4.78 is 11.0. The van der Waals surface area contributed by atoms with E-state index in [0.29, 0.717) is 6.10 Å². The number of ether oxygens (including phenoxy) is 2. The van der Waals surface area contributed by atoms with E-state index in [4.69, 9.17) is 9.47 Å². The predicted molar refractivity (Wildman–Crippen MR) is 84.5 cm³/mol. The standard InChI is InChI=1S/C17H24N2O2/c1-13-3-4-17-16(9-13)14(10-18-17)11-19-6-8-21-15(12-19)5-7-20-2/h3-4,9-10,15,18H,5-8,11-12H2,1-2H3/t15-/m1/s1. The lowest BCUT2D eigenvalue weighted by Crippen LogP contribution is -2.42. The van der Waals surface area contributed by atoms with Crippen LogP contribution >= 0.6 is 0 Å². The van der Waals surface area contributed by atoms with Gasteiger partial charge in [0.25, 0.3) is 0 Å². The van der Waals surface area contributed by atoms with Gasteiger partial charge < -0.3 is 14.5 Å². The number of aromatic nitrogens is 1. The maximum absolute atomic E-state index is 5.81. The molecule has 4 heteroatoms. The average molecular weight is 288 g/mol. The van der Waals surface area contributed by atoms with Gasteiger partial charge in [-0.15, -0.1) is 0 Å². The molecule has 1 saturated heterocycles. The van der Waals surface area contributed by atoms with Crippen LogP contribution in [0.5, 0.6) is 0 Å². The maximum atomic E-state index is 5.81. The van der Waals surface area contributed by atoms with Crippen LogP contribution in [-0.2, 0) is 16.0 Å². The first kappa shape index (κ1) is 14.6. The average Bonchev–Trinajstić information content (AvgIpc) is 2.88. The summed E-state index contributed by atoms with van der Waals surface area (Å²) in [6.07, 6.45) is 3.41. The fourth-order valence-electron chi connectivity index (χ4n) is 3.01. The first-order chi connectivity index (χ1) is 10.3. The summed E-state index contributed by atoms with van der Waals surface area (Å²) in [5, 5.41) is 1.34. The summed E-state index contributed by atoms with van der Waals surface area (Å²) in [7, 11) is 1.74. The minimum absolute atomic E-state index is 0.297. The maximum Gasteiger partial charge on any atom is 0.0724 e. The van der Waals surface area contributed by atoms with Gasteiger partial charge in [0.1, 0.15) is 0 Å². The number of hydrogen-bond donors (Lipinski definition) is 1. The van der Waals surface area contributed by atoms with Crippen molar-refractivity contribution in [2.24, 2.45) is 0 Å². The minimum atomic E-state index is 0.297. The summed E-state index contributed by atoms with van der Waals surface area (Å²) in [5.74, 6) is 0. The van der Waals surface area contributed by atoms with Gasteiger partial charge in [-0.1, -0.05) is 11.6 Å². The van der Waals surface area contributed by atoms with Gasteiger partial charge in [0.2, 0.25) is 0 Å². The van der Waals surface area contributed by atoms with Crippen molar-refractivity contribution in [2.45, 2.75) is 26.0 Å². The molecule has 21 heavy (non-hydrogen) atoms. The van der Waals surface area contributed by atoms with Crippen molar-refractivity contribution in [3.05, 3.63) is 35.5 Å². The van der Waals surface area contributed by atoms with E-state index in [-0.39, 0.29) is 0 Å². The summed E-state index contributed by atoms with van der Waals surface area (Å²) in [6, 6.07) is 6.58. The molecule has 0 amide bonds. The second-order valence-electron chi connectivity index (χ2n) is 5.87. The highest BCUT2D eigenvalue weighted by atomic mass is 16.5. The smallest absolute Gasteiger partial charge is 0.0724 e. The van der Waals surface area contributed by atoms with E-state index in [9.17, 15) is 0 Å². The molecule has 2 heterocycles. The van der Waals surface area contributed by atoms with Crippen molar-refractivity contribution in [1.29, 1.82) is 0 Å². The molecule has 1 aliphatic rings. The molecule has 0 aliphatic carbocycles. The van der Waals surface area contributed by atoms with Crippen LogP contribution in [0.3, 0.4) is 0 Å². The van der Waals surface area contributed by atoms with Crippen LogP contribution in [0, 0.1) is 6.92 Å². The first-order valence-electron chi connectivity index (χ1n) is 7.66. The van der Waals surface area contributed by atoms with E-state index in [0.717, 1.165) is 39.3 Å². The normalized spacial score (nSPS) is 20.2. The Bertz CT molecular complexity index is 593. The van der Waals surface area contributed by atoms with E-state index >= 15 is 0 Å². The number of H-pyrrole nitrogens is 1. The number of rotatable bonds is 5. The molecule has 2 aromatic rings. The Balaban J connectivity index is 1.68. The molecule has 114 valence electrons. The molecular formula is C17H24N2O2. The zero-order chi connectivity index (χ0) is 14.7. The van der Waals surface area contributed by atoms with Crippen molar-refractivity contribution < 1.29 is 9.47 Å². The van der Waals surface area contributed by atoms with Crippen molar-refractivity contribution in [3.63, 3.8) is 0 Å². The number of benzene rings is 1. The molecule has 0 bridgehead atoms. The summed E-state index contributed by atoms with van der Waals surface area (Å²) in [4.78, 5) is 5.85. The van der Waals surface area contributed by atoms with Crippen LogP contribution in [0.2, 0.25) is 0 Å². The number of morpholine rings is 1. The molecule has 1 aliphatic heterocycles. The Kier molecular flexibility index (Phi) is 4.58. The van der Waals surface area contributed by atoms with E-state index in [1.54, 1.807) is 7.11 Å². The van der Waals surface area contributed by atoms with Crippen LogP contribution in [0.25, 0.3) is 10.9 Å². The van der Waals surface area contributed by atoms with Crippen LogP contribution in [0.1, 0.15) is 17.5 Å². The van der Waals surface area contributed by atoms with E-state index in [1.807, 2.05) is 0 Å². The zero-order valence-corrected chi connectivity index (χ0v) is 12.9. The zero-order valence-electron chi connectivity index (χ0n) is 12.9. The number of methoxy groups -OCH3 is 1. The molecular weight excluding hydrogens is 264 g/mol. The van der Waals surface area contributed by atoms with Gasteiger partial charge in [-0.05, 0) is 31.0 Å². The topological polar surface area (TPSA) is 37.5 Å². The van der Waals surface area contributed by atoms with Crippen LogP contribution in [-0.4, -0.2) is 49.4 Å². The van der Waals surface area contributed by atoms with E-state index < -0.39 is 0 Å². The number of nitrogens with one attached hydrogen (secondary N) is 1. The minimum Gasteiger partial charge on any atom is -0.385 e. The Hall–Kier alpha value is -1.36. The van der Waals surface area contributed by atoms with E-state index in [2.05, 4.69) is 41.2 Å². The number of nitrogens with zero attached hydrogens (tertiary/aromatic N) is 1. The largest absolute Gasteiger partial charge is 0.385 e. The van der Waals surface area contributed by atoms with E-state index in [1.165, 1.54) is 22.0 Å². The number of aromatic amines is 1. The molecule has 1 atom stereocenters. The molecule has 0 unspecified atom stereocenters. The van der Waals surface area contributed by atoms with Crippen molar-refractivity contribution in [1.82, 2.24) is 9.88 Å². The lowest BCUT2D eigenvalue weighted by molar-refractivity contribution is -0.0431. The monoisotopic (exact) mass is 288 g/mol. The SMILES string of the molecule is COCC[C@@H]1CN(Cc2c[nH]c3ccc(C)cc23)CCO1. The van der Waals surface area contributed by atoms with Gasteiger partial charge in [0, 0.05) is 50.5 Å². The van der Waals surface area contributed by atoms with Crippen LogP contribution in [0.15, 0.2) is 24.4 Å². The lowest BCUT2D eigenvalue weighted by Gasteiger charge is -2.32. The molecule has 0 radical (unpaired) electrons. The Morgan fingerprint density at radius 3 is 3.19 bits per heavy atom. The quantitative estimate of drug-likeness (QED) is 0.919. The Morgan fingerprint density at radius 2 is 2.33 bits per heavy atom. The molecule has 1 aromatic heterocycles. The third-order valence-corrected chi connectivity index (χ3v) is 4.18. The molecule has 4 nitrogen and oxygen atoms in total. The van der Waals surface area contributed by atoms with Crippen molar-refractivity contribution in [3.8, 4) is 0 Å². The highest BCUT2D eigenvalue weighted by Gasteiger charge is 2.21. The second kappa shape index (κ2) is 6.60. The van der Waals surface area contributed by atoms with Gasteiger partial charge >= 0.3 is 0 Å². The summed E-state index contributed by atoms with van der Waals surface area (Å²) in [6.45, 7) is 6.70. The molecule has 3 rings (SSSR count). The number of aryl methyl sites for hydroxylation is 1. The summed E-state index contributed by atoms with van der Waals surface area (Å²) >= 11 is 0. The fraction of sp³-hybridized carbons (Fsp3) is 0.529. The lowest BCUT2D eigenvalue weighted by atomic mass is 10.1. The van der Waals surface area contributed by atoms with Gasteiger partial charge in [-0.3, -0.25) is 4.90 Å². The van der Waals surface area contributed by atoms with Crippen molar-refractivity contribution in [2.75, 3.05) is 33.4 Å². The number of fused-ring (bicyclic) bond motifs is 1.